The summed E-state index contributed by atoms with van der Waals surface area (Å²) in [6.07, 6.45) is 7.75. The molecule has 0 aromatic carbocycles. The number of fused-ring (bicyclic) bond motifs is 1. The second-order valence-corrected chi connectivity index (χ2v) is 3.20. The van der Waals surface area contributed by atoms with E-state index in [1.165, 1.54) is 12.3 Å². The molecular weight excluding hydrogens is 84.1 g/mol. The predicted molar refractivity (Wildman–Crippen MR) is 27.8 cm³/mol. The molecule has 0 saturated heterocycles. The average Bonchev–Trinajstić information content (AvgIpc) is 2.41. The van der Waals surface area contributed by atoms with Crippen LogP contribution in [0.15, 0.2) is 12.2 Å². The van der Waals surface area contributed by atoms with E-state index in [0.29, 0.717) is 0 Å². The molecule has 0 amide bonds. The van der Waals surface area contributed by atoms with Crippen LogP contribution in [-0.2, 0) is 0 Å². The zero-order valence-corrected chi connectivity index (χ0v) is 4.22. The van der Waals surface area contributed by atoms with Crippen LogP contribution >= 0.6 is 0 Å². The molecule has 0 heteroatoms. The Balaban J connectivity index is 2.17. The maximum atomic E-state index is 2.41. The van der Waals surface area contributed by atoms with E-state index in [4.69, 9.17) is 0 Å². The fraction of sp³-hybridized carbons (Fsp3) is 0.714. The third-order valence-corrected chi connectivity index (χ3v) is 3.01. The van der Waals surface area contributed by atoms with Crippen molar-refractivity contribution in [1.82, 2.24) is 0 Å². The lowest BCUT2D eigenvalue weighted by molar-refractivity contribution is 0.603. The van der Waals surface area contributed by atoms with Gasteiger partial charge in [0.2, 0.25) is 0 Å². The molecular formula is C7H8. The molecule has 2 saturated carbocycles. The summed E-state index contributed by atoms with van der Waals surface area (Å²) in [5.74, 6) is 2.25. The van der Waals surface area contributed by atoms with E-state index in [0.717, 1.165) is 11.3 Å². The van der Waals surface area contributed by atoms with Crippen LogP contribution in [0.5, 0.6) is 0 Å². The van der Waals surface area contributed by atoms with Crippen molar-refractivity contribution in [2.75, 3.05) is 0 Å². The van der Waals surface area contributed by atoms with Crippen LogP contribution in [0.4, 0.5) is 0 Å². The molecule has 3 atom stereocenters. The minimum atomic E-state index is 0.917. The van der Waals surface area contributed by atoms with Gasteiger partial charge < -0.3 is 0 Å². The van der Waals surface area contributed by atoms with Gasteiger partial charge in [-0.15, -0.1) is 0 Å². The first-order valence-corrected chi connectivity index (χ1v) is 3.10. The third-order valence-electron chi connectivity index (χ3n) is 3.01. The Morgan fingerprint density at radius 2 is 2.57 bits per heavy atom. The SMILES string of the molecule is C1=CC2C3CC23C1. The summed E-state index contributed by atoms with van der Waals surface area (Å²) in [4.78, 5) is 0. The highest BCUT2D eigenvalue weighted by Gasteiger charge is 2.77. The molecule has 3 unspecified atom stereocenters. The minimum absolute atomic E-state index is 0.917. The van der Waals surface area contributed by atoms with Gasteiger partial charge in [-0.2, -0.15) is 0 Å². The molecule has 0 bridgehead atoms. The largest absolute Gasteiger partial charge is 0.0876 e. The molecule has 7 heavy (non-hydrogen) atoms. The van der Waals surface area contributed by atoms with E-state index < -0.39 is 0 Å². The molecule has 3 aliphatic carbocycles. The van der Waals surface area contributed by atoms with Crippen LogP contribution in [0.3, 0.4) is 0 Å². The van der Waals surface area contributed by atoms with Gasteiger partial charge in [0.25, 0.3) is 0 Å². The topological polar surface area (TPSA) is 0 Å². The van der Waals surface area contributed by atoms with Gasteiger partial charge in [0.05, 0.1) is 0 Å². The normalized spacial score (nSPS) is 69.7. The van der Waals surface area contributed by atoms with E-state index in [2.05, 4.69) is 12.2 Å². The Morgan fingerprint density at radius 3 is 2.86 bits per heavy atom. The first-order valence-electron chi connectivity index (χ1n) is 3.10. The molecule has 0 aliphatic heterocycles. The molecule has 0 radical (unpaired) electrons. The second-order valence-electron chi connectivity index (χ2n) is 3.20. The van der Waals surface area contributed by atoms with Gasteiger partial charge >= 0.3 is 0 Å². The fourth-order valence-electron chi connectivity index (χ4n) is 2.20. The predicted octanol–water partition coefficient (Wildman–Crippen LogP) is 1.58. The molecule has 2 fully saturated rings. The Kier molecular flexibility index (Phi) is 0.216. The summed E-state index contributed by atoms with van der Waals surface area (Å²) < 4.78 is 0. The molecule has 36 valence electrons. The Bertz CT molecular complexity index is 157. The van der Waals surface area contributed by atoms with Gasteiger partial charge in [-0.25, -0.2) is 0 Å². The van der Waals surface area contributed by atoms with Gasteiger partial charge in [-0.1, -0.05) is 12.2 Å². The van der Waals surface area contributed by atoms with Crippen molar-refractivity contribution in [3.05, 3.63) is 12.2 Å². The molecule has 0 nitrogen and oxygen atoms in total. The van der Waals surface area contributed by atoms with E-state index in [-0.39, 0.29) is 0 Å². The zero-order valence-electron chi connectivity index (χ0n) is 4.22. The van der Waals surface area contributed by atoms with Crippen LogP contribution in [0, 0.1) is 17.3 Å². The Hall–Kier alpha value is -0.260. The van der Waals surface area contributed by atoms with Crippen LogP contribution < -0.4 is 0 Å². The first kappa shape index (κ1) is 2.91. The number of hydrogen-bond donors (Lipinski definition) is 0. The molecule has 1 spiro atoms. The lowest BCUT2D eigenvalue weighted by Gasteiger charge is -1.93. The molecule has 0 aromatic rings. The molecule has 0 N–H and O–H groups in total. The molecule has 3 rings (SSSR count). The van der Waals surface area contributed by atoms with Crippen molar-refractivity contribution in [1.29, 1.82) is 0 Å². The number of hydrogen-bond acceptors (Lipinski definition) is 0. The lowest BCUT2D eigenvalue weighted by atomic mass is 10.1. The summed E-state index contributed by atoms with van der Waals surface area (Å²) in [5.41, 5.74) is 0.917. The standard InChI is InChI=1S/C7H8/c1-2-5-6-4-7(5,6)3-1/h1-2,5-6H,3-4H2. The summed E-state index contributed by atoms with van der Waals surface area (Å²) in [6, 6.07) is 0. The number of allylic oxidation sites excluding steroid dienone is 2. The van der Waals surface area contributed by atoms with Gasteiger partial charge in [0.15, 0.2) is 0 Å². The van der Waals surface area contributed by atoms with E-state index in [1.807, 2.05) is 0 Å². The van der Waals surface area contributed by atoms with Crippen molar-refractivity contribution in [3.8, 4) is 0 Å². The van der Waals surface area contributed by atoms with Crippen LogP contribution in [0.1, 0.15) is 12.8 Å². The van der Waals surface area contributed by atoms with Crippen molar-refractivity contribution in [3.63, 3.8) is 0 Å². The summed E-state index contributed by atoms with van der Waals surface area (Å²) in [7, 11) is 0. The minimum Gasteiger partial charge on any atom is -0.0876 e. The maximum absolute atomic E-state index is 2.41. The highest BCUT2D eigenvalue weighted by atomic mass is 14.8. The van der Waals surface area contributed by atoms with Crippen LogP contribution in [-0.4, -0.2) is 0 Å². The van der Waals surface area contributed by atoms with Crippen LogP contribution in [0.2, 0.25) is 0 Å². The quantitative estimate of drug-likeness (QED) is 0.398. The van der Waals surface area contributed by atoms with Gasteiger partial charge in [0, 0.05) is 0 Å². The molecule has 0 aromatic heterocycles. The summed E-state index contributed by atoms with van der Waals surface area (Å²) >= 11 is 0. The van der Waals surface area contributed by atoms with Gasteiger partial charge in [-0.3, -0.25) is 0 Å². The maximum Gasteiger partial charge on any atom is -0.0137 e. The molecule has 0 heterocycles. The fourth-order valence-corrected chi connectivity index (χ4v) is 2.20. The first-order chi connectivity index (χ1) is 3.43. The summed E-state index contributed by atoms with van der Waals surface area (Å²) in [6.45, 7) is 0. The van der Waals surface area contributed by atoms with Crippen molar-refractivity contribution in [2.45, 2.75) is 12.8 Å². The Morgan fingerprint density at radius 1 is 1.57 bits per heavy atom. The molecule has 3 aliphatic rings. The van der Waals surface area contributed by atoms with Crippen molar-refractivity contribution >= 4 is 0 Å². The summed E-state index contributed by atoms with van der Waals surface area (Å²) in [5, 5.41) is 0. The monoisotopic (exact) mass is 92.1 g/mol. The highest BCUT2D eigenvalue weighted by molar-refractivity contribution is 5.36. The smallest absolute Gasteiger partial charge is 0.0137 e. The zero-order chi connectivity index (χ0) is 4.48. The van der Waals surface area contributed by atoms with Crippen molar-refractivity contribution < 1.29 is 0 Å². The number of rotatable bonds is 0. The average molecular weight is 92.1 g/mol. The lowest BCUT2D eigenvalue weighted by Crippen LogP contribution is -1.85. The highest BCUT2D eigenvalue weighted by Crippen LogP contribution is 2.84. The van der Waals surface area contributed by atoms with Gasteiger partial charge in [-0.05, 0) is 30.1 Å². The second kappa shape index (κ2) is 0.521. The van der Waals surface area contributed by atoms with Crippen LogP contribution in [0.25, 0.3) is 0 Å². The van der Waals surface area contributed by atoms with E-state index in [9.17, 15) is 0 Å². The Labute approximate surface area is 43.2 Å². The van der Waals surface area contributed by atoms with E-state index >= 15 is 0 Å². The van der Waals surface area contributed by atoms with Crippen molar-refractivity contribution in [2.24, 2.45) is 17.3 Å². The van der Waals surface area contributed by atoms with E-state index in [1.54, 1.807) is 6.42 Å². The van der Waals surface area contributed by atoms with Gasteiger partial charge in [0.1, 0.15) is 0 Å². The third kappa shape index (κ3) is 0.142.